The molecule has 21 heavy (non-hydrogen) atoms. The number of para-hydroxylation sites is 1. The van der Waals surface area contributed by atoms with Gasteiger partial charge in [0.1, 0.15) is 0 Å². The van der Waals surface area contributed by atoms with Crippen molar-refractivity contribution in [2.24, 2.45) is 0 Å². The number of nitrogens with two attached hydrogens (primary N) is 1. The second-order valence-electron chi connectivity index (χ2n) is 4.65. The third kappa shape index (κ3) is 2.31. The number of nitrogen functional groups attached to an aromatic ring is 1. The van der Waals surface area contributed by atoms with Gasteiger partial charge in [0.2, 0.25) is 0 Å². The zero-order chi connectivity index (χ0) is 14.8. The summed E-state index contributed by atoms with van der Waals surface area (Å²) in [5.41, 5.74) is 8.64. The Kier molecular flexibility index (Phi) is 3.27. The number of rotatable bonds is 3. The number of aromatic amines is 1. The van der Waals surface area contributed by atoms with Gasteiger partial charge >= 0.3 is 0 Å². The number of nitrogens with zero attached hydrogens (tertiary/aromatic N) is 2. The van der Waals surface area contributed by atoms with Gasteiger partial charge in [-0.3, -0.25) is 14.9 Å². The van der Waals surface area contributed by atoms with Crippen LogP contribution in [-0.2, 0) is 6.42 Å². The molecule has 3 rings (SSSR count). The molecule has 2 aromatic heterocycles. The third-order valence-corrected chi connectivity index (χ3v) is 3.33. The van der Waals surface area contributed by atoms with E-state index in [-0.39, 0.29) is 11.6 Å². The summed E-state index contributed by atoms with van der Waals surface area (Å²) < 4.78 is 0. The molecule has 4 N–H and O–H groups in total. The second-order valence-corrected chi connectivity index (χ2v) is 4.65. The van der Waals surface area contributed by atoms with Crippen molar-refractivity contribution in [2.75, 3.05) is 11.1 Å². The maximum absolute atomic E-state index is 12.3. The number of aromatic nitrogens is 3. The molecule has 3 aromatic rings. The molecule has 0 aliphatic rings. The van der Waals surface area contributed by atoms with Crippen LogP contribution in [0, 0.1) is 0 Å². The van der Waals surface area contributed by atoms with Crippen LogP contribution in [0.25, 0.3) is 10.9 Å². The van der Waals surface area contributed by atoms with Crippen LogP contribution < -0.4 is 11.1 Å². The number of carbonyl (C=O) groups is 1. The van der Waals surface area contributed by atoms with Crippen LogP contribution in [0.4, 0.5) is 11.4 Å². The van der Waals surface area contributed by atoms with Crippen molar-refractivity contribution in [3.05, 3.63) is 47.9 Å². The molecule has 0 aliphatic heterocycles. The van der Waals surface area contributed by atoms with Gasteiger partial charge in [0, 0.05) is 11.6 Å². The molecule has 1 aromatic carbocycles. The molecule has 6 heteroatoms. The van der Waals surface area contributed by atoms with Gasteiger partial charge in [-0.05, 0) is 18.6 Å². The molecular weight excluding hydrogens is 266 g/mol. The largest absolute Gasteiger partial charge is 0.395 e. The maximum atomic E-state index is 12.3. The van der Waals surface area contributed by atoms with Gasteiger partial charge in [-0.2, -0.15) is 5.10 Å². The molecule has 106 valence electrons. The molecule has 0 spiro atoms. The maximum Gasteiger partial charge on any atom is 0.278 e. The monoisotopic (exact) mass is 281 g/mol. The van der Waals surface area contributed by atoms with E-state index in [1.165, 1.54) is 0 Å². The first-order chi connectivity index (χ1) is 10.2. The summed E-state index contributed by atoms with van der Waals surface area (Å²) in [6.07, 6.45) is 2.39. The minimum Gasteiger partial charge on any atom is -0.395 e. The number of hydrogen-bond acceptors (Lipinski definition) is 4. The topological polar surface area (TPSA) is 96.7 Å². The van der Waals surface area contributed by atoms with Gasteiger partial charge in [0.15, 0.2) is 5.69 Å². The summed E-state index contributed by atoms with van der Waals surface area (Å²) in [5.74, 6) is -0.346. The summed E-state index contributed by atoms with van der Waals surface area (Å²) in [7, 11) is 0. The number of carbonyl (C=O) groups excluding carboxylic acids is 1. The minimum absolute atomic E-state index is 0.208. The molecule has 0 saturated carbocycles. The number of fused-ring (bicyclic) bond motifs is 1. The molecule has 0 fully saturated rings. The number of anilines is 2. The minimum atomic E-state index is -0.346. The molecule has 0 radical (unpaired) electrons. The van der Waals surface area contributed by atoms with Crippen molar-refractivity contribution in [1.82, 2.24) is 15.2 Å². The van der Waals surface area contributed by atoms with E-state index in [2.05, 4.69) is 20.5 Å². The summed E-state index contributed by atoms with van der Waals surface area (Å²) in [4.78, 5) is 16.6. The SMILES string of the molecule is CCc1[nH]nc(C(=O)Nc2cccc3cccnc23)c1N. The van der Waals surface area contributed by atoms with Crippen LogP contribution in [0.15, 0.2) is 36.5 Å². The highest BCUT2D eigenvalue weighted by Crippen LogP contribution is 2.22. The average molecular weight is 281 g/mol. The molecule has 0 bridgehead atoms. The van der Waals surface area contributed by atoms with Gasteiger partial charge in [-0.15, -0.1) is 0 Å². The standard InChI is InChI=1S/C15H15N5O/c1-2-10-12(16)14(20-19-10)15(21)18-11-7-3-5-9-6-4-8-17-13(9)11/h3-8H,2,16H2,1H3,(H,18,21)(H,19,20). The Hall–Kier alpha value is -2.89. The van der Waals surface area contributed by atoms with Gasteiger partial charge in [-0.25, -0.2) is 0 Å². The molecule has 0 saturated heterocycles. The van der Waals surface area contributed by atoms with Crippen molar-refractivity contribution in [3.8, 4) is 0 Å². The molecular formula is C15H15N5O. The first-order valence-electron chi connectivity index (χ1n) is 6.68. The Morgan fingerprint density at radius 1 is 1.33 bits per heavy atom. The van der Waals surface area contributed by atoms with Crippen LogP contribution in [0.3, 0.4) is 0 Å². The lowest BCUT2D eigenvalue weighted by Crippen LogP contribution is -2.14. The van der Waals surface area contributed by atoms with E-state index in [0.717, 1.165) is 16.6 Å². The number of benzene rings is 1. The number of amides is 1. The quantitative estimate of drug-likeness (QED) is 0.686. The number of H-pyrrole nitrogens is 1. The van der Waals surface area contributed by atoms with Crippen LogP contribution in [0.2, 0.25) is 0 Å². The molecule has 0 unspecified atom stereocenters. The fourth-order valence-corrected chi connectivity index (χ4v) is 2.22. The Bertz CT molecular complexity index is 803. The Morgan fingerprint density at radius 3 is 2.90 bits per heavy atom. The van der Waals surface area contributed by atoms with Gasteiger partial charge in [0.25, 0.3) is 5.91 Å². The van der Waals surface area contributed by atoms with Crippen LogP contribution in [0.1, 0.15) is 23.1 Å². The van der Waals surface area contributed by atoms with Crippen molar-refractivity contribution >= 4 is 28.2 Å². The first-order valence-corrected chi connectivity index (χ1v) is 6.68. The Balaban J connectivity index is 1.95. The van der Waals surface area contributed by atoms with Crippen molar-refractivity contribution in [2.45, 2.75) is 13.3 Å². The summed E-state index contributed by atoms with van der Waals surface area (Å²) in [6.45, 7) is 1.94. The van der Waals surface area contributed by atoms with Gasteiger partial charge in [-0.1, -0.05) is 25.1 Å². The second kappa shape index (κ2) is 5.24. The summed E-state index contributed by atoms with van der Waals surface area (Å²) in [5, 5.41) is 10.5. The van der Waals surface area contributed by atoms with E-state index >= 15 is 0 Å². The fourth-order valence-electron chi connectivity index (χ4n) is 2.22. The van der Waals surface area contributed by atoms with Crippen molar-refractivity contribution < 1.29 is 4.79 Å². The van der Waals surface area contributed by atoms with Crippen LogP contribution in [-0.4, -0.2) is 21.1 Å². The molecule has 2 heterocycles. The van der Waals surface area contributed by atoms with Gasteiger partial charge < -0.3 is 11.1 Å². The lowest BCUT2D eigenvalue weighted by molar-refractivity contribution is 0.102. The molecule has 0 atom stereocenters. The van der Waals surface area contributed by atoms with E-state index in [1.54, 1.807) is 12.3 Å². The van der Waals surface area contributed by atoms with E-state index < -0.39 is 0 Å². The van der Waals surface area contributed by atoms with Crippen molar-refractivity contribution in [1.29, 1.82) is 0 Å². The highest BCUT2D eigenvalue weighted by Gasteiger charge is 2.17. The third-order valence-electron chi connectivity index (χ3n) is 3.33. The Labute approximate surface area is 121 Å². The highest BCUT2D eigenvalue weighted by atomic mass is 16.2. The molecule has 1 amide bonds. The van der Waals surface area contributed by atoms with Crippen LogP contribution in [0.5, 0.6) is 0 Å². The van der Waals surface area contributed by atoms with E-state index in [9.17, 15) is 4.79 Å². The number of pyridine rings is 1. The Morgan fingerprint density at radius 2 is 2.14 bits per heavy atom. The first kappa shape index (κ1) is 13.1. The number of aryl methyl sites for hydroxylation is 1. The van der Waals surface area contributed by atoms with Crippen LogP contribution >= 0.6 is 0 Å². The predicted molar refractivity (Wildman–Crippen MR) is 82.1 cm³/mol. The van der Waals surface area contributed by atoms with E-state index in [1.807, 2.05) is 31.2 Å². The lowest BCUT2D eigenvalue weighted by atomic mass is 10.2. The van der Waals surface area contributed by atoms with E-state index in [0.29, 0.717) is 17.8 Å². The fraction of sp³-hybridized carbons (Fsp3) is 0.133. The molecule has 6 nitrogen and oxygen atoms in total. The summed E-state index contributed by atoms with van der Waals surface area (Å²) in [6, 6.07) is 9.40. The summed E-state index contributed by atoms with van der Waals surface area (Å²) >= 11 is 0. The molecule has 0 aliphatic carbocycles. The van der Waals surface area contributed by atoms with Crippen molar-refractivity contribution in [3.63, 3.8) is 0 Å². The zero-order valence-electron chi connectivity index (χ0n) is 11.6. The van der Waals surface area contributed by atoms with Gasteiger partial charge in [0.05, 0.1) is 22.6 Å². The smallest absolute Gasteiger partial charge is 0.278 e. The van der Waals surface area contributed by atoms with E-state index in [4.69, 9.17) is 5.73 Å². The zero-order valence-corrected chi connectivity index (χ0v) is 11.6. The lowest BCUT2D eigenvalue weighted by Gasteiger charge is -2.07. The normalized spacial score (nSPS) is 10.7. The highest BCUT2D eigenvalue weighted by molar-refractivity contribution is 6.09. The number of hydrogen-bond donors (Lipinski definition) is 3. The average Bonchev–Trinajstić information content (AvgIpc) is 2.88. The predicted octanol–water partition coefficient (Wildman–Crippen LogP) is 2.35. The number of nitrogens with one attached hydrogen (secondary N) is 2.